The van der Waals surface area contributed by atoms with E-state index in [1.54, 1.807) is 0 Å². The van der Waals surface area contributed by atoms with Crippen LogP contribution in [0.5, 0.6) is 0 Å². The normalized spacial score (nSPS) is 11.8. The van der Waals surface area contributed by atoms with Crippen LogP contribution in [0.1, 0.15) is 33.4 Å². The summed E-state index contributed by atoms with van der Waals surface area (Å²) >= 11 is 0. The van der Waals surface area contributed by atoms with Gasteiger partial charge < -0.3 is 0 Å². The van der Waals surface area contributed by atoms with Crippen molar-refractivity contribution >= 4 is 66.2 Å². The molecule has 8 rings (SSSR count). The minimum atomic E-state index is 0.133. The van der Waals surface area contributed by atoms with Gasteiger partial charge in [0, 0.05) is 0 Å². The highest BCUT2D eigenvalue weighted by molar-refractivity contribution is 6.98. The first-order valence-corrected chi connectivity index (χ1v) is 16.1. The molecule has 1 heteroatoms. The van der Waals surface area contributed by atoms with Crippen molar-refractivity contribution in [3.8, 4) is 11.1 Å². The van der Waals surface area contributed by atoms with Gasteiger partial charge in [0.1, 0.15) is 0 Å². The lowest BCUT2D eigenvalue weighted by atomic mass is 9.33. The second kappa shape index (κ2) is 10.4. The summed E-state index contributed by atoms with van der Waals surface area (Å²) in [5, 5.41) is 10.6. The number of benzene rings is 8. The van der Waals surface area contributed by atoms with Crippen LogP contribution in [0.2, 0.25) is 0 Å². The maximum atomic E-state index is 2.41. The van der Waals surface area contributed by atoms with Crippen LogP contribution < -0.4 is 16.4 Å². The highest BCUT2D eigenvalue weighted by Gasteiger charge is 2.30. The first kappa shape index (κ1) is 27.7. The Bertz CT molecular complexity index is 2340. The summed E-state index contributed by atoms with van der Waals surface area (Å²) in [5.41, 5.74) is 14.9. The predicted molar refractivity (Wildman–Crippen MR) is 199 cm³/mol. The van der Waals surface area contributed by atoms with Crippen molar-refractivity contribution < 1.29 is 0 Å². The highest BCUT2D eigenvalue weighted by Crippen LogP contribution is 2.40. The first-order chi connectivity index (χ1) is 21.8. The van der Waals surface area contributed by atoms with Crippen LogP contribution in [-0.4, -0.2) is 6.71 Å². The van der Waals surface area contributed by atoms with E-state index >= 15 is 0 Å². The Hall–Kier alpha value is -4.88. The molecule has 0 unspecified atom stereocenters. The second-order valence-electron chi connectivity index (χ2n) is 13.3. The van der Waals surface area contributed by atoms with Crippen molar-refractivity contribution in [2.75, 3.05) is 0 Å². The topological polar surface area (TPSA) is 0 Å². The SMILES string of the molecule is Cc1cc(C)c(B(c2c(C)cc(C)cc2C)c2ccc3ccc4c(-c5cccc6ccccc56)ccc5ccc2c3c54)c(C)c1. The summed E-state index contributed by atoms with van der Waals surface area (Å²) in [6.07, 6.45) is 0. The Labute approximate surface area is 266 Å². The van der Waals surface area contributed by atoms with Crippen LogP contribution in [0.25, 0.3) is 54.2 Å². The lowest BCUT2D eigenvalue weighted by Gasteiger charge is -2.26. The van der Waals surface area contributed by atoms with E-state index in [0.717, 1.165) is 0 Å². The molecule has 0 aliphatic carbocycles. The van der Waals surface area contributed by atoms with E-state index in [1.807, 2.05) is 0 Å². The van der Waals surface area contributed by atoms with Gasteiger partial charge in [-0.15, -0.1) is 0 Å². The molecule has 0 amide bonds. The molecule has 8 aromatic carbocycles. The Morgan fingerprint density at radius 3 is 1.51 bits per heavy atom. The fourth-order valence-corrected chi connectivity index (χ4v) is 8.52. The number of rotatable bonds is 4. The molecule has 0 saturated heterocycles. The molecule has 0 nitrogen and oxygen atoms in total. The number of hydrogen-bond acceptors (Lipinski definition) is 0. The molecular weight excluding hydrogens is 539 g/mol. The minimum absolute atomic E-state index is 0.133. The zero-order valence-electron chi connectivity index (χ0n) is 27.0. The van der Waals surface area contributed by atoms with Crippen molar-refractivity contribution in [2.24, 2.45) is 0 Å². The predicted octanol–water partition coefficient (Wildman–Crippen LogP) is 9.77. The minimum Gasteiger partial charge on any atom is -0.0657 e. The average molecular weight is 577 g/mol. The molecule has 0 aromatic heterocycles. The van der Waals surface area contributed by atoms with E-state index < -0.39 is 0 Å². The van der Waals surface area contributed by atoms with E-state index in [-0.39, 0.29) is 6.71 Å². The molecule has 0 saturated carbocycles. The van der Waals surface area contributed by atoms with Crippen LogP contribution in [0, 0.1) is 41.5 Å². The average Bonchev–Trinajstić information content (AvgIpc) is 3.01. The fraction of sp³-hybridized carbons (Fsp3) is 0.136. The molecule has 0 spiro atoms. The summed E-state index contributed by atoms with van der Waals surface area (Å²) in [7, 11) is 0. The molecule has 0 heterocycles. The number of hydrogen-bond donors (Lipinski definition) is 0. The Morgan fingerprint density at radius 2 is 0.867 bits per heavy atom. The van der Waals surface area contributed by atoms with Gasteiger partial charge in [0.05, 0.1) is 0 Å². The van der Waals surface area contributed by atoms with Gasteiger partial charge in [-0.1, -0.05) is 165 Å². The molecule has 0 aliphatic heterocycles. The largest absolute Gasteiger partial charge is 0.243 e. The van der Waals surface area contributed by atoms with Gasteiger partial charge in [-0.25, -0.2) is 0 Å². The van der Waals surface area contributed by atoms with Crippen molar-refractivity contribution in [1.82, 2.24) is 0 Å². The van der Waals surface area contributed by atoms with Crippen LogP contribution in [0.4, 0.5) is 0 Å². The van der Waals surface area contributed by atoms with Crippen LogP contribution in [0.15, 0.2) is 115 Å². The molecule has 0 atom stereocenters. The van der Waals surface area contributed by atoms with Crippen LogP contribution in [0.3, 0.4) is 0 Å². The summed E-state index contributed by atoms with van der Waals surface area (Å²) in [6, 6.07) is 43.7. The molecule has 0 fully saturated rings. The van der Waals surface area contributed by atoms with Gasteiger partial charge in [0.2, 0.25) is 6.71 Å². The highest BCUT2D eigenvalue weighted by atomic mass is 14.2. The summed E-state index contributed by atoms with van der Waals surface area (Å²) in [6.45, 7) is 13.8. The van der Waals surface area contributed by atoms with Crippen LogP contribution >= 0.6 is 0 Å². The third kappa shape index (κ3) is 4.29. The van der Waals surface area contributed by atoms with E-state index in [9.17, 15) is 0 Å². The van der Waals surface area contributed by atoms with Crippen molar-refractivity contribution in [3.63, 3.8) is 0 Å². The third-order valence-corrected chi connectivity index (χ3v) is 10.1. The molecule has 0 aliphatic rings. The summed E-state index contributed by atoms with van der Waals surface area (Å²) < 4.78 is 0. The second-order valence-corrected chi connectivity index (χ2v) is 13.3. The maximum absolute atomic E-state index is 2.41. The van der Waals surface area contributed by atoms with Gasteiger partial charge in [0.15, 0.2) is 0 Å². The summed E-state index contributed by atoms with van der Waals surface area (Å²) in [5.74, 6) is 0. The molecule has 216 valence electrons. The number of aryl methyl sites for hydroxylation is 6. The zero-order chi connectivity index (χ0) is 31.0. The third-order valence-electron chi connectivity index (χ3n) is 10.1. The van der Waals surface area contributed by atoms with Crippen molar-refractivity contribution in [2.45, 2.75) is 41.5 Å². The van der Waals surface area contributed by atoms with Crippen molar-refractivity contribution in [1.29, 1.82) is 0 Å². The fourth-order valence-electron chi connectivity index (χ4n) is 8.52. The standard InChI is InChI=1S/C44H37B/c1-26-22-28(3)43(29(4)23-26)45(44-30(5)24-27(2)25-31(44)6)40-21-17-34-15-19-38-37(18-14-33-16-20-39(40)42(34)41(33)38)36-13-9-11-32-10-7-8-12-35(32)36/h7-25H,1-6H3. The van der Waals surface area contributed by atoms with E-state index in [0.29, 0.717) is 0 Å². The Morgan fingerprint density at radius 1 is 0.378 bits per heavy atom. The summed E-state index contributed by atoms with van der Waals surface area (Å²) in [4.78, 5) is 0. The van der Waals surface area contributed by atoms with E-state index in [4.69, 9.17) is 0 Å². The van der Waals surface area contributed by atoms with Gasteiger partial charge in [-0.3, -0.25) is 0 Å². The number of fused-ring (bicyclic) bond motifs is 1. The smallest absolute Gasteiger partial charge is 0.0657 e. The first-order valence-electron chi connectivity index (χ1n) is 16.1. The molecule has 0 bridgehead atoms. The Balaban J connectivity index is 1.48. The molecule has 0 N–H and O–H groups in total. The van der Waals surface area contributed by atoms with Gasteiger partial charge >= 0.3 is 0 Å². The molecular formula is C44H37B. The lowest BCUT2D eigenvalue weighted by Crippen LogP contribution is -2.56. The maximum Gasteiger partial charge on any atom is 0.243 e. The van der Waals surface area contributed by atoms with E-state index in [1.165, 1.54) is 104 Å². The Kier molecular flexibility index (Phi) is 6.36. The molecule has 45 heavy (non-hydrogen) atoms. The van der Waals surface area contributed by atoms with Gasteiger partial charge in [0.25, 0.3) is 0 Å². The van der Waals surface area contributed by atoms with Gasteiger partial charge in [-0.2, -0.15) is 0 Å². The monoisotopic (exact) mass is 576 g/mol. The molecule has 8 aromatic rings. The van der Waals surface area contributed by atoms with Gasteiger partial charge in [-0.05, 0) is 95.8 Å². The zero-order valence-corrected chi connectivity index (χ0v) is 27.0. The van der Waals surface area contributed by atoms with E-state index in [2.05, 4.69) is 157 Å². The van der Waals surface area contributed by atoms with Crippen molar-refractivity contribution in [3.05, 3.63) is 149 Å². The quantitative estimate of drug-likeness (QED) is 0.145. The van der Waals surface area contributed by atoms with Crippen LogP contribution in [-0.2, 0) is 0 Å². The lowest BCUT2D eigenvalue weighted by molar-refractivity contribution is 1.34. The molecule has 0 radical (unpaired) electrons.